The average molecular weight is 595 g/mol. The molecule has 0 unspecified atom stereocenters. The van der Waals surface area contributed by atoms with Gasteiger partial charge in [0.15, 0.2) is 12.4 Å². The van der Waals surface area contributed by atoms with Crippen molar-refractivity contribution in [3.8, 4) is 28.1 Å². The number of aliphatic carboxylic acids is 1. The molecule has 4 aromatic rings. The third-order valence-corrected chi connectivity index (χ3v) is 7.58. The van der Waals surface area contributed by atoms with Crippen molar-refractivity contribution in [3.05, 3.63) is 52.8 Å². The van der Waals surface area contributed by atoms with Gasteiger partial charge in [-0.15, -0.1) is 0 Å². The Morgan fingerprint density at radius 1 is 1.10 bits per heavy atom. The predicted octanol–water partition coefficient (Wildman–Crippen LogP) is 2.38. The molecule has 3 heterocycles. The van der Waals surface area contributed by atoms with Gasteiger partial charge in [-0.3, -0.25) is 14.6 Å². The van der Waals surface area contributed by atoms with E-state index in [4.69, 9.17) is 20.4 Å². The van der Waals surface area contributed by atoms with Gasteiger partial charge in [0, 0.05) is 25.2 Å². The number of nitrogens with two attached hydrogens (primary N) is 1. The van der Waals surface area contributed by atoms with Crippen molar-refractivity contribution in [2.75, 3.05) is 31.8 Å². The van der Waals surface area contributed by atoms with E-state index in [0.717, 1.165) is 4.31 Å². The quantitative estimate of drug-likeness (QED) is 0.235. The fourth-order valence-corrected chi connectivity index (χ4v) is 4.82. The number of nitrogen functional groups attached to an aromatic ring is 1. The van der Waals surface area contributed by atoms with Crippen LogP contribution < -0.4 is 21.3 Å². The lowest BCUT2D eigenvalue weighted by molar-refractivity contribution is -0.192. The molecule has 6 N–H and O–H groups in total. The van der Waals surface area contributed by atoms with Crippen LogP contribution >= 0.6 is 0 Å². The minimum Gasteiger partial charge on any atom is -0.481 e. The summed E-state index contributed by atoms with van der Waals surface area (Å²) in [5.74, 6) is -2.68. The first kappa shape index (κ1) is 29.1. The molecule has 0 bridgehead atoms. The number of carboxylic acids is 1. The Morgan fingerprint density at radius 3 is 2.32 bits per heavy atom. The first-order chi connectivity index (χ1) is 19.1. The summed E-state index contributed by atoms with van der Waals surface area (Å²) in [6.07, 6.45) is -5.08. The number of aromatic nitrogens is 3. The highest BCUT2D eigenvalue weighted by Crippen LogP contribution is 2.44. The van der Waals surface area contributed by atoms with Crippen molar-refractivity contribution in [2.45, 2.75) is 11.1 Å². The van der Waals surface area contributed by atoms with Crippen LogP contribution in [0.3, 0.4) is 0 Å². The minimum absolute atomic E-state index is 0.0529. The lowest BCUT2D eigenvalue weighted by atomic mass is 9.97. The molecule has 0 radical (unpaired) electrons. The Morgan fingerprint density at radius 2 is 1.73 bits per heavy atom. The fourth-order valence-electron chi connectivity index (χ4n) is 3.92. The number of hydrogen-bond donors (Lipinski definition) is 5. The maximum Gasteiger partial charge on any atom is 0.490 e. The van der Waals surface area contributed by atoms with Crippen molar-refractivity contribution in [1.29, 1.82) is 0 Å². The number of carbonyl (C=O) groups excluding carboxylic acids is 1. The van der Waals surface area contributed by atoms with E-state index in [2.05, 4.69) is 20.3 Å². The summed E-state index contributed by atoms with van der Waals surface area (Å²) in [5.41, 5.74) is 8.20. The molecule has 216 valence electrons. The molecule has 1 amide bonds. The molecular weight excluding hydrogens is 573 g/mol. The Hall–Kier alpha value is -4.90. The third kappa shape index (κ3) is 5.71. The normalized spacial score (nSPS) is 13.2. The third-order valence-electron chi connectivity index (χ3n) is 5.75. The summed E-state index contributed by atoms with van der Waals surface area (Å²) in [6, 6.07) is 11.5. The molecule has 2 aromatic heterocycles. The number of rotatable bonds is 4. The van der Waals surface area contributed by atoms with Crippen molar-refractivity contribution in [2.24, 2.45) is 0 Å². The number of sulfonamides is 1. The molecule has 0 aliphatic carbocycles. The van der Waals surface area contributed by atoms with Crippen LogP contribution in [-0.2, 0) is 19.6 Å². The molecule has 5 rings (SSSR count). The maximum atomic E-state index is 12.9. The largest absolute Gasteiger partial charge is 0.490 e. The summed E-state index contributed by atoms with van der Waals surface area (Å²) in [5, 5.41) is 10.1. The summed E-state index contributed by atoms with van der Waals surface area (Å²) in [4.78, 5) is 43.6. The average Bonchev–Trinajstić information content (AvgIpc) is 3.27. The molecular formula is C24H21F3N6O7S. The van der Waals surface area contributed by atoms with Crippen molar-refractivity contribution in [1.82, 2.24) is 19.3 Å². The van der Waals surface area contributed by atoms with E-state index >= 15 is 0 Å². The zero-order valence-corrected chi connectivity index (χ0v) is 22.0. The Bertz CT molecular complexity index is 1830. The van der Waals surface area contributed by atoms with Crippen LogP contribution in [-0.4, -0.2) is 71.5 Å². The molecule has 0 spiro atoms. The second kappa shape index (κ2) is 10.6. The number of benzene rings is 2. The number of para-hydroxylation sites is 1. The minimum atomic E-state index is -5.08. The van der Waals surface area contributed by atoms with Crippen molar-refractivity contribution in [3.63, 3.8) is 0 Å². The number of nitrogens with zero attached hydrogens (tertiary/aromatic N) is 2. The number of halogens is 3. The summed E-state index contributed by atoms with van der Waals surface area (Å²) in [6.45, 7) is -0.166. The molecule has 0 saturated carbocycles. The molecule has 2 aromatic carbocycles. The first-order valence-corrected chi connectivity index (χ1v) is 12.9. The second-order valence-corrected chi connectivity index (χ2v) is 10.8. The van der Waals surface area contributed by atoms with Crippen LogP contribution in [0, 0.1) is 0 Å². The number of carboxylic acid groups (broad SMARTS) is 1. The van der Waals surface area contributed by atoms with Gasteiger partial charge >= 0.3 is 12.1 Å². The van der Waals surface area contributed by atoms with E-state index in [1.807, 2.05) is 0 Å². The number of fused-ring (bicyclic) bond motifs is 2. The number of alkyl halides is 3. The van der Waals surface area contributed by atoms with Gasteiger partial charge in [-0.2, -0.15) is 18.2 Å². The van der Waals surface area contributed by atoms with E-state index in [0.29, 0.717) is 33.8 Å². The van der Waals surface area contributed by atoms with Gasteiger partial charge in [-0.1, -0.05) is 24.3 Å². The SMILES string of the molecule is CN(C)S(=O)(=O)c1ccc(-c2[nH]c3nc(N)[nH]c(=O)c3c2-c2cccc3c2OCC(=O)N3)cc1.O=C(O)C(F)(F)F. The van der Waals surface area contributed by atoms with Crippen LogP contribution in [0.4, 0.5) is 24.8 Å². The maximum absolute atomic E-state index is 12.9. The molecule has 0 atom stereocenters. The zero-order chi connectivity index (χ0) is 30.3. The highest BCUT2D eigenvalue weighted by atomic mass is 32.2. The van der Waals surface area contributed by atoms with Crippen molar-refractivity contribution >= 4 is 44.6 Å². The number of H-pyrrole nitrogens is 2. The fraction of sp³-hybridized carbons (Fsp3) is 0.167. The van der Waals surface area contributed by atoms with Crippen LogP contribution in [0.5, 0.6) is 5.75 Å². The smallest absolute Gasteiger partial charge is 0.481 e. The van der Waals surface area contributed by atoms with Crippen molar-refractivity contribution < 1.29 is 41.0 Å². The summed E-state index contributed by atoms with van der Waals surface area (Å²) in [7, 11) is -0.699. The molecule has 13 nitrogen and oxygen atoms in total. The first-order valence-electron chi connectivity index (χ1n) is 11.4. The topological polar surface area (TPSA) is 201 Å². The monoisotopic (exact) mass is 594 g/mol. The van der Waals surface area contributed by atoms with E-state index in [1.54, 1.807) is 30.3 Å². The van der Waals surface area contributed by atoms with Crippen LogP contribution in [0.2, 0.25) is 0 Å². The number of nitrogens with one attached hydrogen (secondary N) is 3. The van der Waals surface area contributed by atoms with Gasteiger partial charge in [-0.25, -0.2) is 17.5 Å². The number of ether oxygens (including phenoxy) is 1. The standard InChI is InChI=1S/C22H20N6O5S.C2HF3O2/c1-28(2)34(31,32)12-8-6-11(7-9-12)18-16(17-20(25-18)26-22(23)27-21(17)30)13-4-3-5-14-19(13)33-10-15(29)24-14;3-2(4,5)1(6)7/h3-9H,10H2,1-2H3,(H,24,29)(H4,23,25,26,27,30);(H,6,7). The van der Waals surface area contributed by atoms with Gasteiger partial charge in [0.1, 0.15) is 5.65 Å². The number of anilines is 2. The summed E-state index contributed by atoms with van der Waals surface area (Å²) >= 11 is 0. The Balaban J connectivity index is 0.000000493. The Labute approximate surface area is 228 Å². The lowest BCUT2D eigenvalue weighted by Crippen LogP contribution is -2.25. The predicted molar refractivity (Wildman–Crippen MR) is 141 cm³/mol. The molecule has 17 heteroatoms. The number of aromatic amines is 2. The van der Waals surface area contributed by atoms with Gasteiger partial charge in [0.25, 0.3) is 11.5 Å². The van der Waals surface area contributed by atoms with E-state index in [1.165, 1.54) is 26.2 Å². The highest BCUT2D eigenvalue weighted by molar-refractivity contribution is 7.89. The van der Waals surface area contributed by atoms with Crippen LogP contribution in [0.1, 0.15) is 0 Å². The molecule has 1 aliphatic rings. The molecule has 1 aliphatic heterocycles. The Kier molecular flexibility index (Phi) is 7.51. The van der Waals surface area contributed by atoms with Crippen LogP contribution in [0.15, 0.2) is 52.2 Å². The zero-order valence-electron chi connectivity index (χ0n) is 21.2. The van der Waals surface area contributed by atoms with E-state index in [-0.39, 0.29) is 34.4 Å². The molecule has 41 heavy (non-hydrogen) atoms. The number of carbonyl (C=O) groups is 2. The lowest BCUT2D eigenvalue weighted by Gasteiger charge is -2.21. The van der Waals surface area contributed by atoms with E-state index in [9.17, 15) is 31.2 Å². The molecule has 0 fully saturated rings. The van der Waals surface area contributed by atoms with Crippen LogP contribution in [0.25, 0.3) is 33.4 Å². The highest BCUT2D eigenvalue weighted by Gasteiger charge is 2.38. The van der Waals surface area contributed by atoms with E-state index < -0.39 is 27.7 Å². The molecule has 0 saturated heterocycles. The van der Waals surface area contributed by atoms with Gasteiger partial charge < -0.3 is 25.9 Å². The van der Waals surface area contributed by atoms with Gasteiger partial charge in [-0.05, 0) is 23.8 Å². The van der Waals surface area contributed by atoms with Gasteiger partial charge in [0.05, 0.1) is 21.7 Å². The number of amides is 1. The second-order valence-electron chi connectivity index (χ2n) is 8.68. The summed E-state index contributed by atoms with van der Waals surface area (Å²) < 4.78 is 63.5. The number of hydrogen-bond acceptors (Lipinski definition) is 8. The van der Waals surface area contributed by atoms with Gasteiger partial charge in [0.2, 0.25) is 16.0 Å².